The highest BCUT2D eigenvalue weighted by molar-refractivity contribution is 7.99. The summed E-state index contributed by atoms with van der Waals surface area (Å²) in [7, 11) is -0.505. The third-order valence-electron chi connectivity index (χ3n) is 10.5. The lowest BCUT2D eigenvalue weighted by atomic mass is 9.96. The van der Waals surface area contributed by atoms with Gasteiger partial charge in [-0.05, 0) is 109 Å². The second-order valence-electron chi connectivity index (χ2n) is 15.0. The Kier molecular flexibility index (Phi) is 13.3. The number of rotatable bonds is 16. The fourth-order valence-electron chi connectivity index (χ4n) is 7.26. The fraction of sp³-hybridized carbons (Fsp3) is 0.239. The zero-order chi connectivity index (χ0) is 41.4. The van der Waals surface area contributed by atoms with Gasteiger partial charge in [-0.25, -0.2) is 13.1 Å². The van der Waals surface area contributed by atoms with Gasteiger partial charge in [0.1, 0.15) is 5.69 Å². The van der Waals surface area contributed by atoms with Crippen molar-refractivity contribution in [2.75, 3.05) is 62.8 Å². The Balaban J connectivity index is 0.956. The van der Waals surface area contributed by atoms with Gasteiger partial charge in [0.15, 0.2) is 0 Å². The Hall–Kier alpha value is -5.73. The van der Waals surface area contributed by atoms with Crippen molar-refractivity contribution in [1.82, 2.24) is 14.5 Å². The normalized spacial score (nSPS) is 14.0. The van der Waals surface area contributed by atoms with Crippen LogP contribution >= 0.6 is 11.8 Å². The highest BCUT2D eigenvalue weighted by atomic mass is 32.2. The summed E-state index contributed by atoms with van der Waals surface area (Å²) >= 11 is 1.64. The molecule has 1 heterocycles. The largest absolute Gasteiger partial charge is 0.376 e. The van der Waals surface area contributed by atoms with Gasteiger partial charge >= 0.3 is 0 Å². The molecular formula is C46H48N6O5S2. The van der Waals surface area contributed by atoms with Crippen LogP contribution in [0, 0.1) is 10.1 Å². The van der Waals surface area contributed by atoms with E-state index in [9.17, 15) is 23.3 Å². The molecule has 0 spiro atoms. The van der Waals surface area contributed by atoms with Crippen molar-refractivity contribution in [2.45, 2.75) is 28.8 Å². The number of anilines is 2. The molecule has 1 aliphatic heterocycles. The molecule has 2 N–H and O–H groups in total. The molecule has 6 aromatic rings. The van der Waals surface area contributed by atoms with Gasteiger partial charge in [0.2, 0.25) is 0 Å². The average molecular weight is 829 g/mol. The van der Waals surface area contributed by atoms with Crippen molar-refractivity contribution >= 4 is 55.5 Å². The molecule has 1 fully saturated rings. The number of nitro benzene ring substituents is 1. The van der Waals surface area contributed by atoms with Gasteiger partial charge in [0.05, 0.1) is 9.82 Å². The number of hydrogen-bond donors (Lipinski definition) is 2. The number of nitrogens with zero attached hydrogens (tertiary/aromatic N) is 4. The van der Waals surface area contributed by atoms with E-state index < -0.39 is 26.5 Å². The zero-order valence-electron chi connectivity index (χ0n) is 33.2. The molecule has 1 saturated heterocycles. The van der Waals surface area contributed by atoms with Crippen molar-refractivity contribution in [3.8, 4) is 11.1 Å². The number of nitro groups is 1. The SMILES string of the molecule is CN(C)CC[C@H](CSc1ccccc1)Nc1ccc(S(=O)(=O)NC(=O)c2ccc(N3CCN(Cc4ccccc4-c4ccc5ccccc5c4)CC3)cc2)cc1[N+](=O)[O-]. The Morgan fingerprint density at radius 1 is 0.814 bits per heavy atom. The lowest BCUT2D eigenvalue weighted by molar-refractivity contribution is -0.384. The smallest absolute Gasteiger partial charge is 0.293 e. The van der Waals surface area contributed by atoms with Gasteiger partial charge in [0.25, 0.3) is 21.6 Å². The standard InChI is InChI=1S/C46H48N6O5S2/c1-49(2)25-24-39(33-58-41-13-4-3-5-14-41)47-44-23-22-42(31-45(44)52(54)55)59(56,57)48-46(53)35-18-20-40(21-19-35)51-28-26-50(27-29-51)32-38-12-8-9-15-43(38)37-17-16-34-10-6-7-11-36(34)30-37/h3-23,30-31,39,47H,24-29,32-33H2,1-2H3,(H,48,53)/t39-/m1/s1. The second kappa shape index (κ2) is 18.9. The predicted molar refractivity (Wildman–Crippen MR) is 239 cm³/mol. The first-order valence-corrected chi connectivity index (χ1v) is 22.1. The molecule has 304 valence electrons. The number of hydrogen-bond acceptors (Lipinski definition) is 10. The number of amides is 1. The maximum Gasteiger partial charge on any atom is 0.293 e. The monoisotopic (exact) mass is 828 g/mol. The lowest BCUT2D eigenvalue weighted by Gasteiger charge is -2.36. The van der Waals surface area contributed by atoms with Gasteiger partial charge in [-0.2, -0.15) is 0 Å². The van der Waals surface area contributed by atoms with E-state index >= 15 is 0 Å². The average Bonchev–Trinajstić information content (AvgIpc) is 3.25. The quantitative estimate of drug-likeness (QED) is 0.0558. The van der Waals surface area contributed by atoms with Crippen LogP contribution in [0.1, 0.15) is 22.3 Å². The van der Waals surface area contributed by atoms with Crippen LogP contribution in [0.15, 0.2) is 149 Å². The molecule has 13 heteroatoms. The Labute approximate surface area is 350 Å². The van der Waals surface area contributed by atoms with Crippen molar-refractivity contribution in [2.24, 2.45) is 0 Å². The number of carbonyl (C=O) groups excluding carboxylic acids is 1. The van der Waals surface area contributed by atoms with Crippen LogP contribution in [0.5, 0.6) is 0 Å². The lowest BCUT2D eigenvalue weighted by Crippen LogP contribution is -2.46. The van der Waals surface area contributed by atoms with Gasteiger partial charge in [0, 0.05) is 66.7 Å². The van der Waals surface area contributed by atoms with E-state index in [2.05, 4.69) is 86.6 Å². The molecule has 0 aromatic heterocycles. The van der Waals surface area contributed by atoms with Gasteiger partial charge in [-0.1, -0.05) is 78.9 Å². The number of nitrogens with one attached hydrogen (secondary N) is 2. The Morgan fingerprint density at radius 2 is 1.51 bits per heavy atom. The first kappa shape index (κ1) is 41.4. The maximum absolute atomic E-state index is 13.4. The zero-order valence-corrected chi connectivity index (χ0v) is 34.8. The number of sulfonamides is 1. The molecule has 59 heavy (non-hydrogen) atoms. The van der Waals surface area contributed by atoms with Crippen LogP contribution in [0.25, 0.3) is 21.9 Å². The first-order valence-electron chi connectivity index (χ1n) is 19.6. The van der Waals surface area contributed by atoms with E-state index in [1.807, 2.05) is 61.5 Å². The molecule has 1 aliphatic rings. The number of thioether (sulfide) groups is 1. The highest BCUT2D eigenvalue weighted by Crippen LogP contribution is 2.31. The van der Waals surface area contributed by atoms with E-state index in [1.165, 1.54) is 39.6 Å². The van der Waals surface area contributed by atoms with Crippen LogP contribution in [-0.2, 0) is 16.6 Å². The summed E-state index contributed by atoms with van der Waals surface area (Å²) < 4.78 is 28.9. The summed E-state index contributed by atoms with van der Waals surface area (Å²) in [4.78, 5) is 32.3. The molecule has 7 rings (SSSR count). The minimum Gasteiger partial charge on any atom is -0.376 e. The van der Waals surface area contributed by atoms with Crippen LogP contribution in [0.2, 0.25) is 0 Å². The van der Waals surface area contributed by atoms with Crippen molar-refractivity contribution in [1.29, 1.82) is 0 Å². The molecular weight excluding hydrogens is 781 g/mol. The summed E-state index contributed by atoms with van der Waals surface area (Å²) in [5.74, 6) is -0.180. The molecule has 0 bridgehead atoms. The molecule has 0 saturated carbocycles. The van der Waals surface area contributed by atoms with E-state index in [0.717, 1.165) is 55.9 Å². The summed E-state index contributed by atoms with van der Waals surface area (Å²) in [6.07, 6.45) is 0.706. The van der Waals surface area contributed by atoms with Crippen molar-refractivity contribution < 1.29 is 18.1 Å². The maximum atomic E-state index is 13.4. The van der Waals surface area contributed by atoms with Crippen molar-refractivity contribution in [3.05, 3.63) is 161 Å². The summed E-state index contributed by atoms with van der Waals surface area (Å²) in [5.41, 5.74) is 4.63. The first-order chi connectivity index (χ1) is 28.5. The minimum atomic E-state index is -4.43. The Bertz CT molecular complexity index is 2510. The van der Waals surface area contributed by atoms with E-state index in [0.29, 0.717) is 12.2 Å². The topological polar surface area (TPSA) is 128 Å². The molecule has 11 nitrogen and oxygen atoms in total. The molecule has 6 aromatic carbocycles. The number of piperazine rings is 1. The minimum absolute atomic E-state index is 0.139. The third-order valence-corrected chi connectivity index (χ3v) is 13.0. The van der Waals surface area contributed by atoms with Crippen LogP contribution in [0.3, 0.4) is 0 Å². The van der Waals surface area contributed by atoms with Crippen LogP contribution < -0.4 is 14.9 Å². The van der Waals surface area contributed by atoms with E-state index in [-0.39, 0.29) is 22.2 Å². The van der Waals surface area contributed by atoms with Crippen LogP contribution in [-0.4, -0.2) is 87.7 Å². The number of fused-ring (bicyclic) bond motifs is 1. The molecule has 0 aliphatic carbocycles. The van der Waals surface area contributed by atoms with E-state index in [1.54, 1.807) is 23.9 Å². The predicted octanol–water partition coefficient (Wildman–Crippen LogP) is 8.38. The molecule has 1 amide bonds. The summed E-state index contributed by atoms with van der Waals surface area (Å²) in [5, 5.41) is 17.9. The van der Waals surface area contributed by atoms with Crippen molar-refractivity contribution in [3.63, 3.8) is 0 Å². The molecule has 1 atom stereocenters. The number of carbonyl (C=O) groups is 1. The summed E-state index contributed by atoms with van der Waals surface area (Å²) in [6.45, 7) is 4.89. The van der Waals surface area contributed by atoms with Gasteiger partial charge < -0.3 is 15.1 Å². The van der Waals surface area contributed by atoms with Gasteiger partial charge in [-0.3, -0.25) is 19.8 Å². The molecule has 0 radical (unpaired) electrons. The Morgan fingerprint density at radius 3 is 2.24 bits per heavy atom. The van der Waals surface area contributed by atoms with Crippen LogP contribution in [0.4, 0.5) is 17.1 Å². The van der Waals surface area contributed by atoms with E-state index in [4.69, 9.17) is 0 Å². The fourth-order valence-corrected chi connectivity index (χ4v) is 9.25. The number of benzene rings is 6. The van der Waals surface area contributed by atoms with Gasteiger partial charge in [-0.15, -0.1) is 11.8 Å². The third kappa shape index (κ3) is 10.7. The molecule has 0 unspecified atom stereocenters. The second-order valence-corrected chi connectivity index (χ2v) is 17.7. The highest BCUT2D eigenvalue weighted by Gasteiger charge is 2.26. The summed E-state index contributed by atoms with van der Waals surface area (Å²) in [6, 6.07) is 43.8.